The van der Waals surface area contributed by atoms with Crippen LogP contribution in [-0.4, -0.2) is 42.0 Å². The third-order valence-electron chi connectivity index (χ3n) is 4.17. The molecule has 1 N–H and O–H groups in total. The molecule has 1 saturated heterocycles. The van der Waals surface area contributed by atoms with Crippen LogP contribution in [0.1, 0.15) is 18.7 Å². The lowest BCUT2D eigenvalue weighted by Gasteiger charge is -2.32. The van der Waals surface area contributed by atoms with Crippen LogP contribution < -0.4 is 4.72 Å². The third kappa shape index (κ3) is 3.99. The van der Waals surface area contributed by atoms with Crippen LogP contribution in [-0.2, 0) is 23.6 Å². The fourth-order valence-corrected chi connectivity index (χ4v) is 4.21. The normalized spacial score (nSPS) is 19.8. The second-order valence-corrected chi connectivity index (χ2v) is 7.68. The van der Waals surface area contributed by atoms with Gasteiger partial charge in [0.1, 0.15) is 5.82 Å². The number of piperidine rings is 1. The fourth-order valence-electron chi connectivity index (χ4n) is 2.93. The number of aryl methyl sites for hydroxylation is 1. The maximum atomic E-state index is 12.4. The van der Waals surface area contributed by atoms with Crippen molar-refractivity contribution in [2.75, 3.05) is 13.1 Å². The van der Waals surface area contributed by atoms with E-state index >= 15 is 0 Å². The van der Waals surface area contributed by atoms with Crippen molar-refractivity contribution in [3.05, 3.63) is 48.5 Å². The highest BCUT2D eigenvalue weighted by Crippen LogP contribution is 2.16. The number of benzene rings is 1. The van der Waals surface area contributed by atoms with Crippen LogP contribution in [0.15, 0.2) is 47.6 Å². The molecule has 2 aromatic rings. The van der Waals surface area contributed by atoms with E-state index in [0.717, 1.165) is 31.8 Å². The first kappa shape index (κ1) is 16.2. The zero-order chi connectivity index (χ0) is 16.3. The molecule has 23 heavy (non-hydrogen) atoms. The Morgan fingerprint density at radius 3 is 2.78 bits per heavy atom. The molecule has 1 atom stereocenters. The average Bonchev–Trinajstić information content (AvgIpc) is 2.93. The Balaban J connectivity index is 1.64. The molecule has 6 nitrogen and oxygen atoms in total. The van der Waals surface area contributed by atoms with Gasteiger partial charge in [-0.2, -0.15) is 0 Å². The standard InChI is InChI=1S/C16H22N4O2S/c1-19-11-9-17-16(19)13-20-10-5-6-14(12-20)18-23(21,22)15-7-3-2-4-8-15/h2-4,7-9,11,14,18H,5-6,10,12-13H2,1H3. The summed E-state index contributed by atoms with van der Waals surface area (Å²) in [5.74, 6) is 0.997. The summed E-state index contributed by atoms with van der Waals surface area (Å²) in [5, 5.41) is 0. The number of rotatable bonds is 5. The highest BCUT2D eigenvalue weighted by atomic mass is 32.2. The molecule has 0 spiro atoms. The minimum absolute atomic E-state index is 0.0609. The smallest absolute Gasteiger partial charge is 0.240 e. The van der Waals surface area contributed by atoms with E-state index in [0.29, 0.717) is 11.4 Å². The molecule has 0 saturated carbocycles. The Bertz CT molecular complexity index is 742. The van der Waals surface area contributed by atoms with Gasteiger partial charge in [0.05, 0.1) is 11.4 Å². The number of sulfonamides is 1. The maximum Gasteiger partial charge on any atom is 0.240 e. The van der Waals surface area contributed by atoms with Gasteiger partial charge in [0.25, 0.3) is 0 Å². The van der Waals surface area contributed by atoms with E-state index in [2.05, 4.69) is 14.6 Å². The summed E-state index contributed by atoms with van der Waals surface area (Å²) in [6.45, 7) is 2.42. The summed E-state index contributed by atoms with van der Waals surface area (Å²) in [6.07, 6.45) is 5.55. The molecular formula is C16H22N4O2S. The Kier molecular flexibility index (Phi) is 4.79. The molecule has 1 aromatic carbocycles. The molecule has 0 aliphatic carbocycles. The molecule has 1 unspecified atom stereocenters. The van der Waals surface area contributed by atoms with Gasteiger partial charge in [-0.1, -0.05) is 18.2 Å². The largest absolute Gasteiger partial charge is 0.337 e. The third-order valence-corrected chi connectivity index (χ3v) is 5.70. The molecule has 1 aliphatic heterocycles. The summed E-state index contributed by atoms with van der Waals surface area (Å²) in [6, 6.07) is 8.47. The van der Waals surface area contributed by atoms with Crippen molar-refractivity contribution < 1.29 is 8.42 Å². The van der Waals surface area contributed by atoms with Crippen molar-refractivity contribution in [2.45, 2.75) is 30.3 Å². The van der Waals surface area contributed by atoms with Gasteiger partial charge in [0, 0.05) is 32.0 Å². The lowest BCUT2D eigenvalue weighted by Crippen LogP contribution is -2.47. The van der Waals surface area contributed by atoms with E-state index < -0.39 is 10.0 Å². The van der Waals surface area contributed by atoms with Gasteiger partial charge in [-0.3, -0.25) is 4.90 Å². The molecule has 7 heteroatoms. The lowest BCUT2D eigenvalue weighted by molar-refractivity contribution is 0.189. The zero-order valence-electron chi connectivity index (χ0n) is 13.2. The molecule has 1 fully saturated rings. The monoisotopic (exact) mass is 334 g/mol. The zero-order valence-corrected chi connectivity index (χ0v) is 14.0. The van der Waals surface area contributed by atoms with Crippen LogP contribution in [0.5, 0.6) is 0 Å². The second kappa shape index (κ2) is 6.82. The highest BCUT2D eigenvalue weighted by Gasteiger charge is 2.25. The summed E-state index contributed by atoms with van der Waals surface area (Å²) in [7, 11) is -1.48. The molecule has 1 aromatic heterocycles. The van der Waals surface area contributed by atoms with Gasteiger partial charge < -0.3 is 4.57 Å². The minimum atomic E-state index is -3.45. The minimum Gasteiger partial charge on any atom is -0.337 e. The summed E-state index contributed by atoms with van der Waals surface area (Å²) >= 11 is 0. The maximum absolute atomic E-state index is 12.4. The Morgan fingerprint density at radius 1 is 1.30 bits per heavy atom. The van der Waals surface area contributed by atoms with Crippen molar-refractivity contribution in [3.63, 3.8) is 0 Å². The van der Waals surface area contributed by atoms with Crippen molar-refractivity contribution in [3.8, 4) is 0 Å². The number of hydrogen-bond donors (Lipinski definition) is 1. The SMILES string of the molecule is Cn1ccnc1CN1CCCC(NS(=O)(=O)c2ccccc2)C1. The van der Waals surface area contributed by atoms with Crippen LogP contribution in [0.2, 0.25) is 0 Å². The van der Waals surface area contributed by atoms with Crippen LogP contribution in [0, 0.1) is 0 Å². The number of aromatic nitrogens is 2. The van der Waals surface area contributed by atoms with Crippen molar-refractivity contribution in [1.82, 2.24) is 19.2 Å². The van der Waals surface area contributed by atoms with Gasteiger partial charge >= 0.3 is 0 Å². The lowest BCUT2D eigenvalue weighted by atomic mass is 10.1. The quantitative estimate of drug-likeness (QED) is 0.897. The van der Waals surface area contributed by atoms with Crippen molar-refractivity contribution in [2.24, 2.45) is 7.05 Å². The van der Waals surface area contributed by atoms with E-state index in [1.54, 1.807) is 30.5 Å². The van der Waals surface area contributed by atoms with Crippen molar-refractivity contribution >= 4 is 10.0 Å². The summed E-state index contributed by atoms with van der Waals surface area (Å²) in [5.41, 5.74) is 0. The van der Waals surface area contributed by atoms with E-state index in [1.165, 1.54) is 0 Å². The van der Waals surface area contributed by atoms with Crippen molar-refractivity contribution in [1.29, 1.82) is 0 Å². The fraction of sp³-hybridized carbons (Fsp3) is 0.438. The van der Waals surface area contributed by atoms with E-state index in [1.807, 2.05) is 23.9 Å². The Labute approximate surface area is 137 Å². The number of hydrogen-bond acceptors (Lipinski definition) is 4. The molecule has 0 bridgehead atoms. The molecule has 1 aliphatic rings. The van der Waals surface area contributed by atoms with E-state index in [-0.39, 0.29) is 6.04 Å². The topological polar surface area (TPSA) is 67.2 Å². The molecule has 0 radical (unpaired) electrons. The van der Waals surface area contributed by atoms with Gasteiger partial charge in [-0.05, 0) is 31.5 Å². The van der Waals surface area contributed by atoms with Gasteiger partial charge in [0.15, 0.2) is 0 Å². The predicted molar refractivity (Wildman–Crippen MR) is 88.3 cm³/mol. The van der Waals surface area contributed by atoms with Gasteiger partial charge in [-0.25, -0.2) is 18.1 Å². The summed E-state index contributed by atoms with van der Waals surface area (Å²) < 4.78 is 29.7. The number of likely N-dealkylation sites (tertiary alicyclic amines) is 1. The molecule has 2 heterocycles. The number of nitrogens with zero attached hydrogens (tertiary/aromatic N) is 3. The van der Waals surface area contributed by atoms with E-state index in [4.69, 9.17) is 0 Å². The van der Waals surface area contributed by atoms with Crippen LogP contribution in [0.3, 0.4) is 0 Å². The first-order chi connectivity index (χ1) is 11.0. The molecule has 0 amide bonds. The highest BCUT2D eigenvalue weighted by molar-refractivity contribution is 7.89. The van der Waals surface area contributed by atoms with Crippen LogP contribution >= 0.6 is 0 Å². The molecule has 124 valence electrons. The van der Waals surface area contributed by atoms with Crippen LogP contribution in [0.4, 0.5) is 0 Å². The Hall–Kier alpha value is -1.70. The Morgan fingerprint density at radius 2 is 2.09 bits per heavy atom. The van der Waals surface area contributed by atoms with E-state index in [9.17, 15) is 8.42 Å². The molecule has 3 rings (SSSR count). The first-order valence-corrected chi connectivity index (χ1v) is 9.29. The average molecular weight is 334 g/mol. The second-order valence-electron chi connectivity index (χ2n) is 5.96. The molecular weight excluding hydrogens is 312 g/mol. The van der Waals surface area contributed by atoms with Gasteiger partial charge in [0.2, 0.25) is 10.0 Å². The van der Waals surface area contributed by atoms with Crippen LogP contribution in [0.25, 0.3) is 0 Å². The number of nitrogens with one attached hydrogen (secondary N) is 1. The summed E-state index contributed by atoms with van der Waals surface area (Å²) in [4.78, 5) is 6.91. The number of imidazole rings is 1. The van der Waals surface area contributed by atoms with Gasteiger partial charge in [-0.15, -0.1) is 0 Å². The predicted octanol–water partition coefficient (Wildman–Crippen LogP) is 1.36. The first-order valence-electron chi connectivity index (χ1n) is 7.80.